The van der Waals surface area contributed by atoms with E-state index < -0.39 is 0 Å². The van der Waals surface area contributed by atoms with Crippen molar-refractivity contribution in [3.05, 3.63) is 29.6 Å². The van der Waals surface area contributed by atoms with Crippen molar-refractivity contribution in [2.24, 2.45) is 5.73 Å². The minimum absolute atomic E-state index is 0.566. The van der Waals surface area contributed by atoms with Crippen molar-refractivity contribution in [2.75, 3.05) is 13.2 Å². The Balaban J connectivity index is 1.83. The van der Waals surface area contributed by atoms with Crippen molar-refractivity contribution in [1.29, 1.82) is 0 Å². The Bertz CT molecular complexity index is 551. The van der Waals surface area contributed by atoms with E-state index in [4.69, 9.17) is 15.0 Å². The molecule has 1 aromatic heterocycles. The molecule has 2 aromatic rings. The maximum atomic E-state index is 5.47. The van der Waals surface area contributed by atoms with Crippen LogP contribution < -0.4 is 10.5 Å². The summed E-state index contributed by atoms with van der Waals surface area (Å²) in [6.07, 6.45) is 2.57. The van der Waals surface area contributed by atoms with E-state index in [0.29, 0.717) is 18.3 Å². The molecule has 0 spiro atoms. The first-order chi connectivity index (χ1) is 8.86. The summed E-state index contributed by atoms with van der Waals surface area (Å²) in [6.45, 7) is 1.39. The highest BCUT2D eigenvalue weighted by Crippen LogP contribution is 2.29. The van der Waals surface area contributed by atoms with E-state index in [1.165, 1.54) is 5.56 Å². The molecule has 0 radical (unpaired) electrons. The number of rotatable bonds is 4. The molecule has 1 aromatic carbocycles. The zero-order valence-electron chi connectivity index (χ0n) is 10.1. The van der Waals surface area contributed by atoms with Gasteiger partial charge in [-0.05, 0) is 36.7 Å². The van der Waals surface area contributed by atoms with E-state index in [1.807, 2.05) is 12.1 Å². The van der Waals surface area contributed by atoms with Gasteiger partial charge in [0.15, 0.2) is 5.82 Å². The molecule has 0 fully saturated rings. The van der Waals surface area contributed by atoms with E-state index in [-0.39, 0.29) is 0 Å². The molecule has 5 nitrogen and oxygen atoms in total. The van der Waals surface area contributed by atoms with Crippen LogP contribution in [0.4, 0.5) is 0 Å². The molecule has 18 heavy (non-hydrogen) atoms. The van der Waals surface area contributed by atoms with Crippen LogP contribution in [-0.4, -0.2) is 23.3 Å². The number of aryl methyl sites for hydroxylation is 1. The topological polar surface area (TPSA) is 74.2 Å². The first-order valence-electron chi connectivity index (χ1n) is 6.15. The third-order valence-corrected chi connectivity index (χ3v) is 3.01. The third-order valence-electron chi connectivity index (χ3n) is 3.01. The zero-order valence-corrected chi connectivity index (χ0v) is 10.1. The lowest BCUT2D eigenvalue weighted by molar-refractivity contribution is 0.357. The molecule has 0 aliphatic carbocycles. The number of hydrogen-bond acceptors (Lipinski definition) is 5. The minimum atomic E-state index is 0.566. The van der Waals surface area contributed by atoms with Gasteiger partial charge < -0.3 is 15.0 Å². The highest BCUT2D eigenvalue weighted by atomic mass is 16.5. The van der Waals surface area contributed by atoms with Crippen LogP contribution in [0.2, 0.25) is 0 Å². The van der Waals surface area contributed by atoms with Gasteiger partial charge in [0.2, 0.25) is 0 Å². The summed E-state index contributed by atoms with van der Waals surface area (Å²) in [5.74, 6) is 2.24. The Morgan fingerprint density at radius 2 is 2.28 bits per heavy atom. The molecule has 0 bridgehead atoms. The van der Waals surface area contributed by atoms with Gasteiger partial charge in [-0.25, -0.2) is 0 Å². The summed E-state index contributed by atoms with van der Waals surface area (Å²) >= 11 is 0. The molecular weight excluding hydrogens is 230 g/mol. The van der Waals surface area contributed by atoms with Gasteiger partial charge in [0, 0.05) is 18.4 Å². The molecule has 2 heterocycles. The van der Waals surface area contributed by atoms with Gasteiger partial charge in [-0.2, -0.15) is 4.98 Å². The fourth-order valence-corrected chi connectivity index (χ4v) is 2.05. The number of nitrogens with zero attached hydrogens (tertiary/aromatic N) is 2. The Morgan fingerprint density at radius 1 is 1.33 bits per heavy atom. The monoisotopic (exact) mass is 245 g/mol. The van der Waals surface area contributed by atoms with Crippen LogP contribution in [0.3, 0.4) is 0 Å². The van der Waals surface area contributed by atoms with Crippen molar-refractivity contribution < 1.29 is 9.26 Å². The zero-order chi connectivity index (χ0) is 12.4. The lowest BCUT2D eigenvalue weighted by Gasteiger charge is -1.99. The fourth-order valence-electron chi connectivity index (χ4n) is 2.05. The molecular formula is C13H15N3O2. The number of aromatic nitrogens is 2. The number of fused-ring (bicyclic) bond motifs is 1. The predicted octanol–water partition coefficient (Wildman–Crippen LogP) is 1.56. The summed E-state index contributed by atoms with van der Waals surface area (Å²) < 4.78 is 10.7. The average Bonchev–Trinajstić information content (AvgIpc) is 3.04. The Morgan fingerprint density at radius 3 is 3.17 bits per heavy atom. The minimum Gasteiger partial charge on any atom is -0.493 e. The van der Waals surface area contributed by atoms with E-state index in [0.717, 1.165) is 37.2 Å². The van der Waals surface area contributed by atoms with Crippen molar-refractivity contribution in [2.45, 2.75) is 19.3 Å². The van der Waals surface area contributed by atoms with Gasteiger partial charge in [-0.15, -0.1) is 0 Å². The van der Waals surface area contributed by atoms with Crippen LogP contribution in [0.1, 0.15) is 17.8 Å². The summed E-state index contributed by atoms with van der Waals surface area (Å²) in [5, 5.41) is 3.95. The maximum absolute atomic E-state index is 5.47. The quantitative estimate of drug-likeness (QED) is 0.884. The Kier molecular flexibility index (Phi) is 2.98. The standard InChI is InChI=1S/C13H15N3O2/c14-6-1-2-12-15-13(18-16-12)10-3-4-11-9(8-10)5-7-17-11/h3-4,8H,1-2,5-7,14H2. The maximum Gasteiger partial charge on any atom is 0.257 e. The normalized spacial score (nSPS) is 13.4. The predicted molar refractivity (Wildman–Crippen MR) is 66.3 cm³/mol. The van der Waals surface area contributed by atoms with E-state index in [1.54, 1.807) is 0 Å². The number of ether oxygens (including phenoxy) is 1. The van der Waals surface area contributed by atoms with Gasteiger partial charge in [-0.3, -0.25) is 0 Å². The highest BCUT2D eigenvalue weighted by Gasteiger charge is 2.15. The fraction of sp³-hybridized carbons (Fsp3) is 0.385. The van der Waals surface area contributed by atoms with Gasteiger partial charge in [0.1, 0.15) is 5.75 Å². The summed E-state index contributed by atoms with van der Waals surface area (Å²) in [7, 11) is 0. The van der Waals surface area contributed by atoms with Gasteiger partial charge in [-0.1, -0.05) is 5.16 Å². The smallest absolute Gasteiger partial charge is 0.257 e. The highest BCUT2D eigenvalue weighted by molar-refractivity contribution is 5.58. The second-order valence-electron chi connectivity index (χ2n) is 4.33. The second-order valence-corrected chi connectivity index (χ2v) is 4.33. The van der Waals surface area contributed by atoms with E-state index in [9.17, 15) is 0 Å². The van der Waals surface area contributed by atoms with Crippen LogP contribution in [0.15, 0.2) is 22.7 Å². The van der Waals surface area contributed by atoms with Crippen molar-refractivity contribution in [1.82, 2.24) is 10.1 Å². The molecule has 0 saturated carbocycles. The molecule has 5 heteroatoms. The van der Waals surface area contributed by atoms with Crippen LogP contribution in [0.25, 0.3) is 11.5 Å². The van der Waals surface area contributed by atoms with Crippen LogP contribution in [-0.2, 0) is 12.8 Å². The van der Waals surface area contributed by atoms with Gasteiger partial charge in [0.05, 0.1) is 6.61 Å². The van der Waals surface area contributed by atoms with Crippen molar-refractivity contribution >= 4 is 0 Å². The van der Waals surface area contributed by atoms with Crippen LogP contribution in [0.5, 0.6) is 5.75 Å². The van der Waals surface area contributed by atoms with Crippen molar-refractivity contribution in [3.63, 3.8) is 0 Å². The molecule has 0 amide bonds. The first-order valence-corrected chi connectivity index (χ1v) is 6.15. The largest absolute Gasteiger partial charge is 0.493 e. The average molecular weight is 245 g/mol. The molecule has 2 N–H and O–H groups in total. The molecule has 0 saturated heterocycles. The molecule has 1 aliphatic rings. The van der Waals surface area contributed by atoms with E-state index >= 15 is 0 Å². The SMILES string of the molecule is NCCCc1noc(-c2ccc3c(c2)CCO3)n1. The molecule has 0 unspecified atom stereocenters. The molecule has 1 aliphatic heterocycles. The molecule has 94 valence electrons. The Hall–Kier alpha value is -1.88. The number of benzene rings is 1. The molecule has 3 rings (SSSR count). The first kappa shape index (κ1) is 11.2. The van der Waals surface area contributed by atoms with Crippen molar-refractivity contribution in [3.8, 4) is 17.2 Å². The summed E-state index contributed by atoms with van der Waals surface area (Å²) in [6, 6.07) is 5.97. The summed E-state index contributed by atoms with van der Waals surface area (Å²) in [5.41, 5.74) is 7.61. The lowest BCUT2D eigenvalue weighted by Crippen LogP contribution is -2.01. The van der Waals surface area contributed by atoms with E-state index in [2.05, 4.69) is 16.2 Å². The van der Waals surface area contributed by atoms with Gasteiger partial charge in [0.25, 0.3) is 5.89 Å². The van der Waals surface area contributed by atoms with Gasteiger partial charge >= 0.3 is 0 Å². The summed E-state index contributed by atoms with van der Waals surface area (Å²) in [4.78, 5) is 4.37. The number of nitrogens with two attached hydrogens (primary N) is 1. The lowest BCUT2D eigenvalue weighted by atomic mass is 10.1. The molecule has 0 atom stereocenters. The second kappa shape index (κ2) is 4.78. The Labute approximate surface area is 105 Å². The van der Waals surface area contributed by atoms with Crippen LogP contribution in [0, 0.1) is 0 Å². The third kappa shape index (κ3) is 2.09. The number of hydrogen-bond donors (Lipinski definition) is 1. The van der Waals surface area contributed by atoms with Crippen LogP contribution >= 0.6 is 0 Å².